The summed E-state index contributed by atoms with van der Waals surface area (Å²) in [6, 6.07) is 20.1. The van der Waals surface area contributed by atoms with E-state index in [0.717, 1.165) is 4.90 Å². The molecule has 0 aliphatic carbocycles. The van der Waals surface area contributed by atoms with Gasteiger partial charge >= 0.3 is 0 Å². The largest absolute Gasteiger partial charge is 0.378 e. The van der Waals surface area contributed by atoms with E-state index in [1.54, 1.807) is 0 Å². The Morgan fingerprint density at radius 2 is 1.50 bits per heavy atom. The summed E-state index contributed by atoms with van der Waals surface area (Å²) in [5.41, 5.74) is 7.04. The molecular weight excluding hydrogens is 264 g/mol. The lowest BCUT2D eigenvalue weighted by molar-refractivity contribution is 1.07. The minimum absolute atomic E-state index is 0. The zero-order valence-corrected chi connectivity index (χ0v) is 11.5. The fraction of sp³-hybridized carbons (Fsp3) is 0.0714. The van der Waals surface area contributed by atoms with Crippen molar-refractivity contribution in [2.24, 2.45) is 10.7 Å². The summed E-state index contributed by atoms with van der Waals surface area (Å²) >= 11 is 1.49. The smallest absolute Gasteiger partial charge is 0.159 e. The molecule has 2 N–H and O–H groups in total. The zero-order valence-electron chi connectivity index (χ0n) is 9.82. The average molecular weight is 279 g/mol. The van der Waals surface area contributed by atoms with Crippen LogP contribution >= 0.6 is 24.2 Å². The number of nitrogens with two attached hydrogens (primary N) is 1. The maximum Gasteiger partial charge on any atom is 0.159 e. The van der Waals surface area contributed by atoms with Gasteiger partial charge in [0.05, 0.1) is 6.54 Å². The number of nitrogens with zero attached hydrogens (tertiary/aromatic N) is 1. The van der Waals surface area contributed by atoms with E-state index in [9.17, 15) is 0 Å². The highest BCUT2D eigenvalue weighted by Crippen LogP contribution is 2.17. The molecule has 0 saturated heterocycles. The van der Waals surface area contributed by atoms with Crippen LogP contribution < -0.4 is 5.73 Å². The maximum atomic E-state index is 5.87. The van der Waals surface area contributed by atoms with Gasteiger partial charge in [0.15, 0.2) is 5.17 Å². The Morgan fingerprint density at radius 3 is 2.11 bits per heavy atom. The van der Waals surface area contributed by atoms with Crippen molar-refractivity contribution in [2.45, 2.75) is 11.4 Å². The second kappa shape index (κ2) is 7.80. The highest BCUT2D eigenvalue weighted by Gasteiger charge is 1.96. The Bertz CT molecular complexity index is 486. The minimum Gasteiger partial charge on any atom is -0.378 e. The van der Waals surface area contributed by atoms with E-state index in [2.05, 4.69) is 4.99 Å². The molecule has 0 aliphatic rings. The van der Waals surface area contributed by atoms with E-state index in [0.29, 0.717) is 11.7 Å². The molecule has 2 aromatic rings. The van der Waals surface area contributed by atoms with E-state index in [4.69, 9.17) is 5.73 Å². The van der Waals surface area contributed by atoms with Gasteiger partial charge < -0.3 is 5.73 Å². The second-order valence-corrected chi connectivity index (χ2v) is 4.65. The summed E-state index contributed by atoms with van der Waals surface area (Å²) < 4.78 is 0. The summed E-state index contributed by atoms with van der Waals surface area (Å²) in [7, 11) is 0. The zero-order chi connectivity index (χ0) is 11.9. The van der Waals surface area contributed by atoms with Crippen molar-refractivity contribution in [2.75, 3.05) is 0 Å². The quantitative estimate of drug-likeness (QED) is 0.528. The van der Waals surface area contributed by atoms with Gasteiger partial charge in [-0.3, -0.25) is 4.99 Å². The fourth-order valence-electron chi connectivity index (χ4n) is 1.39. The van der Waals surface area contributed by atoms with Crippen molar-refractivity contribution in [3.05, 3.63) is 66.2 Å². The van der Waals surface area contributed by atoms with Crippen molar-refractivity contribution in [3.63, 3.8) is 0 Å². The lowest BCUT2D eigenvalue weighted by atomic mass is 10.2. The number of aliphatic imine (C=N–C) groups is 1. The maximum absolute atomic E-state index is 5.87. The molecule has 0 unspecified atom stereocenters. The molecule has 0 amide bonds. The van der Waals surface area contributed by atoms with Gasteiger partial charge in [-0.05, 0) is 17.7 Å². The van der Waals surface area contributed by atoms with Crippen LogP contribution in [0.15, 0.2) is 70.6 Å². The molecule has 0 fully saturated rings. The third kappa shape index (κ3) is 4.82. The van der Waals surface area contributed by atoms with E-state index in [1.807, 2.05) is 60.7 Å². The van der Waals surface area contributed by atoms with Gasteiger partial charge in [-0.15, -0.1) is 12.4 Å². The average Bonchev–Trinajstić information content (AvgIpc) is 2.39. The summed E-state index contributed by atoms with van der Waals surface area (Å²) in [6.45, 7) is 0.631. The number of rotatable bonds is 3. The molecule has 0 aliphatic heterocycles. The molecule has 2 aromatic carbocycles. The van der Waals surface area contributed by atoms with Crippen molar-refractivity contribution >= 4 is 29.3 Å². The molecule has 0 bridgehead atoms. The molecule has 2 rings (SSSR count). The van der Waals surface area contributed by atoms with E-state index >= 15 is 0 Å². The first-order chi connectivity index (χ1) is 8.34. The third-order valence-corrected chi connectivity index (χ3v) is 3.07. The Kier molecular flexibility index (Phi) is 6.33. The first kappa shape index (κ1) is 14.6. The lowest BCUT2D eigenvalue weighted by Crippen LogP contribution is -2.06. The van der Waals surface area contributed by atoms with Gasteiger partial charge in [-0.25, -0.2) is 0 Å². The standard InChI is InChI=1S/C14H14N2S.ClH/c15-14(17-13-9-5-2-6-10-13)16-11-12-7-3-1-4-8-12;/h1-10H,11H2,(H2,15,16);1H. The van der Waals surface area contributed by atoms with Crippen LogP contribution in [0.4, 0.5) is 0 Å². The van der Waals surface area contributed by atoms with Crippen LogP contribution in [0.2, 0.25) is 0 Å². The van der Waals surface area contributed by atoms with Crippen molar-refractivity contribution < 1.29 is 0 Å². The van der Waals surface area contributed by atoms with Gasteiger partial charge in [0.2, 0.25) is 0 Å². The molecule has 2 nitrogen and oxygen atoms in total. The summed E-state index contributed by atoms with van der Waals surface area (Å²) in [5, 5.41) is 0.597. The van der Waals surface area contributed by atoms with Crippen LogP contribution in [-0.4, -0.2) is 5.17 Å². The van der Waals surface area contributed by atoms with Crippen molar-refractivity contribution in [1.29, 1.82) is 0 Å². The molecule has 0 heterocycles. The van der Waals surface area contributed by atoms with Crippen LogP contribution in [0.5, 0.6) is 0 Å². The van der Waals surface area contributed by atoms with Crippen LogP contribution in [0.1, 0.15) is 5.56 Å². The predicted octanol–water partition coefficient (Wildman–Crippen LogP) is 3.72. The molecule has 0 aromatic heterocycles. The molecular formula is C14H15ClN2S. The molecule has 4 heteroatoms. The third-order valence-electron chi connectivity index (χ3n) is 2.23. The summed E-state index contributed by atoms with van der Waals surface area (Å²) in [6.07, 6.45) is 0. The number of thioether (sulfide) groups is 1. The topological polar surface area (TPSA) is 38.4 Å². The van der Waals surface area contributed by atoms with Crippen LogP contribution in [0, 0.1) is 0 Å². The van der Waals surface area contributed by atoms with Crippen molar-refractivity contribution in [3.8, 4) is 0 Å². The van der Waals surface area contributed by atoms with Crippen molar-refractivity contribution in [1.82, 2.24) is 0 Å². The monoisotopic (exact) mass is 278 g/mol. The number of benzene rings is 2. The number of hydrogen-bond acceptors (Lipinski definition) is 2. The summed E-state index contributed by atoms with van der Waals surface area (Å²) in [4.78, 5) is 5.46. The lowest BCUT2D eigenvalue weighted by Gasteiger charge is -2.01. The fourth-order valence-corrected chi connectivity index (χ4v) is 2.06. The van der Waals surface area contributed by atoms with Crippen LogP contribution in [0.25, 0.3) is 0 Å². The molecule has 0 radical (unpaired) electrons. The molecule has 0 atom stereocenters. The number of halogens is 1. The van der Waals surface area contributed by atoms with Gasteiger partial charge in [-0.2, -0.15) is 0 Å². The normalized spacial score (nSPS) is 10.8. The van der Waals surface area contributed by atoms with Gasteiger partial charge in [0.25, 0.3) is 0 Å². The Labute approximate surface area is 118 Å². The molecule has 94 valence electrons. The number of amidine groups is 1. The van der Waals surface area contributed by atoms with Gasteiger partial charge in [0, 0.05) is 4.90 Å². The highest BCUT2D eigenvalue weighted by atomic mass is 35.5. The Hall–Kier alpha value is -1.45. The molecule has 18 heavy (non-hydrogen) atoms. The molecule has 0 spiro atoms. The van der Waals surface area contributed by atoms with Gasteiger partial charge in [-0.1, -0.05) is 60.3 Å². The minimum atomic E-state index is 0. The van der Waals surface area contributed by atoms with Crippen LogP contribution in [0.3, 0.4) is 0 Å². The second-order valence-electron chi connectivity index (χ2n) is 3.56. The Morgan fingerprint density at radius 1 is 0.944 bits per heavy atom. The van der Waals surface area contributed by atoms with E-state index in [1.165, 1.54) is 17.3 Å². The SMILES string of the molecule is Cl.NC(=NCc1ccccc1)Sc1ccccc1. The van der Waals surface area contributed by atoms with Gasteiger partial charge in [0.1, 0.15) is 0 Å². The van der Waals surface area contributed by atoms with Crippen LogP contribution in [-0.2, 0) is 6.54 Å². The van der Waals surface area contributed by atoms with E-state index < -0.39 is 0 Å². The Balaban J connectivity index is 0.00000162. The predicted molar refractivity (Wildman–Crippen MR) is 81.3 cm³/mol. The first-order valence-corrected chi connectivity index (χ1v) is 6.23. The molecule has 0 saturated carbocycles. The number of hydrogen-bond donors (Lipinski definition) is 1. The summed E-state index contributed by atoms with van der Waals surface area (Å²) in [5.74, 6) is 0. The van der Waals surface area contributed by atoms with E-state index in [-0.39, 0.29) is 12.4 Å². The first-order valence-electron chi connectivity index (χ1n) is 5.41. The highest BCUT2D eigenvalue weighted by molar-refractivity contribution is 8.13.